The van der Waals surface area contributed by atoms with Crippen molar-refractivity contribution in [3.63, 3.8) is 0 Å². The van der Waals surface area contributed by atoms with Gasteiger partial charge in [-0.05, 0) is 30.7 Å². The number of alkyl halides is 1. The second-order valence-electron chi connectivity index (χ2n) is 2.99. The Morgan fingerprint density at radius 1 is 1.44 bits per heavy atom. The van der Waals surface area contributed by atoms with E-state index in [1.165, 1.54) is 0 Å². The first-order chi connectivity index (χ1) is 7.76. The highest BCUT2D eigenvalue weighted by Crippen LogP contribution is 2.08. The van der Waals surface area contributed by atoms with Crippen LogP contribution in [0.1, 0.15) is 12.0 Å². The zero-order valence-electron chi connectivity index (χ0n) is 8.57. The summed E-state index contributed by atoms with van der Waals surface area (Å²) in [6.07, 6.45) is 0.109. The number of nitrogens with zero attached hydrogens (tertiary/aromatic N) is 1. The predicted molar refractivity (Wildman–Crippen MR) is 61.5 cm³/mol. The Bertz CT molecular complexity index is 384. The van der Waals surface area contributed by atoms with Crippen molar-refractivity contribution in [2.24, 2.45) is 0 Å². The van der Waals surface area contributed by atoms with Crippen molar-refractivity contribution >= 4 is 23.4 Å². The lowest BCUT2D eigenvalue weighted by atomic mass is 10.2. The van der Waals surface area contributed by atoms with Crippen LogP contribution in [0.15, 0.2) is 24.3 Å². The molecule has 0 radical (unpaired) electrons. The summed E-state index contributed by atoms with van der Waals surface area (Å²) in [6.45, 7) is 0.297. The number of hydrogen-bond acceptors (Lipinski definition) is 3. The van der Waals surface area contributed by atoms with Crippen LogP contribution in [0.5, 0.6) is 0 Å². The van der Waals surface area contributed by atoms with Gasteiger partial charge >= 0.3 is 6.09 Å². The molecule has 16 heavy (non-hydrogen) atoms. The first kappa shape index (κ1) is 12.3. The van der Waals surface area contributed by atoms with Crippen LogP contribution >= 0.6 is 11.6 Å². The largest absolute Gasteiger partial charge is 0.449 e. The minimum atomic E-state index is -0.519. The molecule has 0 saturated heterocycles. The van der Waals surface area contributed by atoms with E-state index in [0.29, 0.717) is 30.2 Å². The Kier molecular flexibility index (Phi) is 5.17. The predicted octanol–water partition coefficient (Wildman–Crippen LogP) is 2.74. The molecule has 0 aliphatic rings. The number of nitriles is 1. The molecule has 1 amide bonds. The molecule has 0 spiro atoms. The number of nitrogens with one attached hydrogen (secondary N) is 1. The second-order valence-corrected chi connectivity index (χ2v) is 3.37. The van der Waals surface area contributed by atoms with E-state index in [4.69, 9.17) is 21.6 Å². The summed E-state index contributed by atoms with van der Waals surface area (Å²) in [5.74, 6) is 0.462. The zero-order chi connectivity index (χ0) is 11.8. The smallest absolute Gasteiger partial charge is 0.411 e. The van der Waals surface area contributed by atoms with Gasteiger partial charge in [0.05, 0.1) is 18.2 Å². The molecule has 0 aliphatic carbocycles. The Hall–Kier alpha value is -1.73. The molecule has 84 valence electrons. The molecule has 0 fully saturated rings. The molecule has 0 unspecified atom stereocenters. The van der Waals surface area contributed by atoms with Gasteiger partial charge in [0.2, 0.25) is 0 Å². The number of hydrogen-bond donors (Lipinski definition) is 1. The summed E-state index contributed by atoms with van der Waals surface area (Å²) in [5, 5.41) is 11.1. The summed E-state index contributed by atoms with van der Waals surface area (Å²) < 4.78 is 4.84. The Balaban J connectivity index is 2.41. The highest BCUT2D eigenvalue weighted by Gasteiger charge is 2.02. The lowest BCUT2D eigenvalue weighted by molar-refractivity contribution is 0.162. The molecule has 0 aliphatic heterocycles. The minimum absolute atomic E-state index is 0.297. The molecule has 0 saturated carbocycles. The van der Waals surface area contributed by atoms with E-state index in [0.717, 1.165) is 0 Å². The lowest BCUT2D eigenvalue weighted by Crippen LogP contribution is -2.14. The van der Waals surface area contributed by atoms with E-state index in [-0.39, 0.29) is 0 Å². The van der Waals surface area contributed by atoms with Crippen LogP contribution in [0.4, 0.5) is 10.5 Å². The molecule has 1 aromatic rings. The number of anilines is 1. The van der Waals surface area contributed by atoms with Gasteiger partial charge in [0.1, 0.15) is 0 Å². The van der Waals surface area contributed by atoms with Crippen molar-refractivity contribution < 1.29 is 9.53 Å². The van der Waals surface area contributed by atoms with Crippen LogP contribution in [0, 0.1) is 11.3 Å². The molecule has 0 aromatic heterocycles. The summed E-state index contributed by atoms with van der Waals surface area (Å²) in [6, 6.07) is 8.51. The number of amides is 1. The van der Waals surface area contributed by atoms with Crippen LogP contribution in [0.25, 0.3) is 0 Å². The van der Waals surface area contributed by atoms with Crippen LogP contribution in [-0.2, 0) is 4.74 Å². The summed E-state index contributed by atoms with van der Waals surface area (Å²) in [4.78, 5) is 11.2. The molecule has 1 aromatic carbocycles. The van der Waals surface area contributed by atoms with E-state index in [2.05, 4.69) is 5.32 Å². The maximum absolute atomic E-state index is 11.2. The fourth-order valence-corrected chi connectivity index (χ4v) is 1.11. The van der Waals surface area contributed by atoms with Gasteiger partial charge in [0.15, 0.2) is 0 Å². The Morgan fingerprint density at radius 2 is 2.12 bits per heavy atom. The molecule has 1 N–H and O–H groups in total. The summed E-state index contributed by atoms with van der Waals surface area (Å²) in [5.41, 5.74) is 1.14. The molecular formula is C11H11ClN2O2. The fourth-order valence-electron chi connectivity index (χ4n) is 1.00. The van der Waals surface area contributed by atoms with Gasteiger partial charge in [-0.2, -0.15) is 5.26 Å². The monoisotopic (exact) mass is 238 g/mol. The number of benzene rings is 1. The lowest BCUT2D eigenvalue weighted by Gasteiger charge is -2.05. The molecule has 4 nitrogen and oxygen atoms in total. The SMILES string of the molecule is N#Cc1ccc(NC(=O)OCCCCl)cc1. The highest BCUT2D eigenvalue weighted by atomic mass is 35.5. The van der Waals surface area contributed by atoms with Crippen molar-refractivity contribution in [2.75, 3.05) is 17.8 Å². The maximum Gasteiger partial charge on any atom is 0.411 e. The standard InChI is InChI=1S/C11H11ClN2O2/c12-6-1-7-16-11(15)14-10-4-2-9(8-13)3-5-10/h2-5H,1,6-7H2,(H,14,15). The normalized spacial score (nSPS) is 9.25. The number of carbonyl (C=O) groups is 1. The zero-order valence-corrected chi connectivity index (χ0v) is 9.33. The Morgan fingerprint density at radius 3 is 2.69 bits per heavy atom. The first-order valence-electron chi connectivity index (χ1n) is 4.76. The van der Waals surface area contributed by atoms with Gasteiger partial charge in [-0.3, -0.25) is 5.32 Å². The Labute approximate surface area is 98.8 Å². The molecule has 0 heterocycles. The summed E-state index contributed by atoms with van der Waals surface area (Å²) in [7, 11) is 0. The number of carbonyl (C=O) groups excluding carboxylic acids is 1. The van der Waals surface area contributed by atoms with E-state index in [9.17, 15) is 4.79 Å². The van der Waals surface area contributed by atoms with Gasteiger partial charge in [0.25, 0.3) is 0 Å². The maximum atomic E-state index is 11.2. The number of halogens is 1. The van der Waals surface area contributed by atoms with Crippen LogP contribution in [0.2, 0.25) is 0 Å². The van der Waals surface area contributed by atoms with Gasteiger partial charge in [-0.1, -0.05) is 0 Å². The third kappa shape index (κ3) is 4.20. The first-order valence-corrected chi connectivity index (χ1v) is 5.29. The second kappa shape index (κ2) is 6.70. The number of ether oxygens (including phenoxy) is 1. The minimum Gasteiger partial charge on any atom is -0.449 e. The van der Waals surface area contributed by atoms with Gasteiger partial charge in [0, 0.05) is 11.6 Å². The fraction of sp³-hybridized carbons (Fsp3) is 0.273. The van der Waals surface area contributed by atoms with Crippen LogP contribution in [0.3, 0.4) is 0 Å². The average Bonchev–Trinajstić information content (AvgIpc) is 2.30. The van der Waals surface area contributed by atoms with E-state index < -0.39 is 6.09 Å². The highest BCUT2D eigenvalue weighted by molar-refractivity contribution is 6.17. The van der Waals surface area contributed by atoms with Crippen molar-refractivity contribution in [2.45, 2.75) is 6.42 Å². The van der Waals surface area contributed by atoms with Crippen molar-refractivity contribution in [1.82, 2.24) is 0 Å². The molecular weight excluding hydrogens is 228 g/mol. The molecule has 5 heteroatoms. The van der Waals surface area contributed by atoms with Crippen molar-refractivity contribution in [3.05, 3.63) is 29.8 Å². The van der Waals surface area contributed by atoms with Gasteiger partial charge < -0.3 is 4.74 Å². The van der Waals surface area contributed by atoms with Crippen molar-refractivity contribution in [3.8, 4) is 6.07 Å². The van der Waals surface area contributed by atoms with Crippen LogP contribution < -0.4 is 5.32 Å². The molecule has 1 rings (SSSR count). The molecule has 0 atom stereocenters. The summed E-state index contributed by atoms with van der Waals surface area (Å²) >= 11 is 5.44. The van der Waals surface area contributed by atoms with Gasteiger partial charge in [-0.25, -0.2) is 4.79 Å². The third-order valence-electron chi connectivity index (χ3n) is 1.77. The molecule has 0 bridgehead atoms. The van der Waals surface area contributed by atoms with E-state index in [1.54, 1.807) is 24.3 Å². The quantitative estimate of drug-likeness (QED) is 0.648. The van der Waals surface area contributed by atoms with Crippen molar-refractivity contribution in [1.29, 1.82) is 5.26 Å². The van der Waals surface area contributed by atoms with Crippen LogP contribution in [-0.4, -0.2) is 18.6 Å². The topological polar surface area (TPSA) is 62.1 Å². The number of rotatable bonds is 4. The third-order valence-corrected chi connectivity index (χ3v) is 2.04. The van der Waals surface area contributed by atoms with E-state index >= 15 is 0 Å². The van der Waals surface area contributed by atoms with E-state index in [1.807, 2.05) is 6.07 Å². The average molecular weight is 239 g/mol. The van der Waals surface area contributed by atoms with Gasteiger partial charge in [-0.15, -0.1) is 11.6 Å².